The average molecular weight is 302 g/mol. The van der Waals surface area contributed by atoms with Crippen molar-refractivity contribution in [2.75, 3.05) is 6.54 Å². The molecule has 1 aromatic heterocycles. The molecule has 0 aromatic carbocycles. The Morgan fingerprint density at radius 2 is 2.31 bits per heavy atom. The molecule has 16 heavy (non-hydrogen) atoms. The van der Waals surface area contributed by atoms with E-state index >= 15 is 0 Å². The standard InChI is InChI=1S/C13H20BrNS/c1-9-3-4-11(5-9)7-15-8-12-6-13(14)10(2)16-12/h6,9,11,15H,3-5,7-8H2,1-2H3. The van der Waals surface area contributed by atoms with E-state index in [9.17, 15) is 0 Å². The van der Waals surface area contributed by atoms with Gasteiger partial charge in [-0.1, -0.05) is 13.3 Å². The number of halogens is 1. The molecule has 1 fully saturated rings. The number of hydrogen-bond donors (Lipinski definition) is 1. The van der Waals surface area contributed by atoms with Gasteiger partial charge in [-0.2, -0.15) is 0 Å². The van der Waals surface area contributed by atoms with Crippen molar-refractivity contribution in [3.8, 4) is 0 Å². The molecule has 1 heterocycles. The second kappa shape index (κ2) is 5.65. The molecule has 0 saturated heterocycles. The lowest BCUT2D eigenvalue weighted by molar-refractivity contribution is 0.472. The molecule has 2 atom stereocenters. The fourth-order valence-corrected chi connectivity index (χ4v) is 4.09. The third-order valence-electron chi connectivity index (χ3n) is 3.44. The second-order valence-electron chi connectivity index (χ2n) is 5.03. The van der Waals surface area contributed by atoms with Crippen molar-refractivity contribution < 1.29 is 0 Å². The lowest BCUT2D eigenvalue weighted by atomic mass is 10.1. The highest BCUT2D eigenvalue weighted by atomic mass is 79.9. The quantitative estimate of drug-likeness (QED) is 0.872. The van der Waals surface area contributed by atoms with E-state index in [2.05, 4.69) is 41.2 Å². The van der Waals surface area contributed by atoms with Gasteiger partial charge in [0.05, 0.1) is 0 Å². The first-order chi connectivity index (χ1) is 7.65. The van der Waals surface area contributed by atoms with Gasteiger partial charge >= 0.3 is 0 Å². The molecule has 2 unspecified atom stereocenters. The van der Waals surface area contributed by atoms with Gasteiger partial charge in [-0.25, -0.2) is 0 Å². The highest BCUT2D eigenvalue weighted by molar-refractivity contribution is 9.10. The Morgan fingerprint density at radius 1 is 1.50 bits per heavy atom. The Balaban J connectivity index is 1.72. The maximum Gasteiger partial charge on any atom is 0.0314 e. The summed E-state index contributed by atoms with van der Waals surface area (Å²) in [5, 5.41) is 3.59. The van der Waals surface area contributed by atoms with Gasteiger partial charge in [0, 0.05) is 20.8 Å². The van der Waals surface area contributed by atoms with Crippen LogP contribution in [-0.4, -0.2) is 6.54 Å². The SMILES string of the molecule is Cc1sc(CNCC2CCC(C)C2)cc1Br. The Bertz CT molecular complexity index is 328. The summed E-state index contributed by atoms with van der Waals surface area (Å²) in [6.07, 6.45) is 4.26. The molecule has 0 aliphatic heterocycles. The molecule has 1 aliphatic rings. The van der Waals surface area contributed by atoms with Gasteiger partial charge in [0.25, 0.3) is 0 Å². The maximum atomic E-state index is 3.59. The van der Waals surface area contributed by atoms with E-state index in [-0.39, 0.29) is 0 Å². The van der Waals surface area contributed by atoms with E-state index in [0.29, 0.717) is 0 Å². The minimum Gasteiger partial charge on any atom is -0.312 e. The number of hydrogen-bond acceptors (Lipinski definition) is 2. The zero-order chi connectivity index (χ0) is 11.5. The van der Waals surface area contributed by atoms with Gasteiger partial charge in [0.2, 0.25) is 0 Å². The van der Waals surface area contributed by atoms with Gasteiger partial charge in [-0.15, -0.1) is 11.3 Å². The molecule has 0 radical (unpaired) electrons. The lowest BCUT2D eigenvalue weighted by Gasteiger charge is -2.10. The minimum absolute atomic E-state index is 0.916. The Hall–Kier alpha value is 0.140. The van der Waals surface area contributed by atoms with Gasteiger partial charge in [-0.05, 0) is 60.1 Å². The van der Waals surface area contributed by atoms with E-state index < -0.39 is 0 Å². The highest BCUT2D eigenvalue weighted by Crippen LogP contribution is 2.30. The monoisotopic (exact) mass is 301 g/mol. The fourth-order valence-electron chi connectivity index (χ4n) is 2.51. The van der Waals surface area contributed by atoms with Crippen molar-refractivity contribution in [3.05, 3.63) is 20.3 Å². The summed E-state index contributed by atoms with van der Waals surface area (Å²) >= 11 is 5.45. The summed E-state index contributed by atoms with van der Waals surface area (Å²) in [5.74, 6) is 1.87. The molecule has 0 spiro atoms. The number of aryl methyl sites for hydroxylation is 1. The van der Waals surface area contributed by atoms with E-state index in [1.54, 1.807) is 0 Å². The maximum absolute atomic E-state index is 3.59. The molecule has 2 rings (SSSR count). The smallest absolute Gasteiger partial charge is 0.0314 e. The first-order valence-electron chi connectivity index (χ1n) is 6.10. The van der Waals surface area contributed by atoms with Crippen molar-refractivity contribution in [1.29, 1.82) is 0 Å². The van der Waals surface area contributed by atoms with E-state index in [4.69, 9.17) is 0 Å². The van der Waals surface area contributed by atoms with Gasteiger partial charge in [0.15, 0.2) is 0 Å². The molecule has 0 bridgehead atoms. The summed E-state index contributed by atoms with van der Waals surface area (Å²) in [6, 6.07) is 2.24. The molecule has 1 aromatic rings. The van der Waals surface area contributed by atoms with Crippen LogP contribution in [0.2, 0.25) is 0 Å². The van der Waals surface area contributed by atoms with E-state index in [1.165, 1.54) is 40.0 Å². The topological polar surface area (TPSA) is 12.0 Å². The van der Waals surface area contributed by atoms with Crippen molar-refractivity contribution in [2.24, 2.45) is 11.8 Å². The van der Waals surface area contributed by atoms with Crippen LogP contribution in [0.4, 0.5) is 0 Å². The van der Waals surface area contributed by atoms with Crippen molar-refractivity contribution >= 4 is 27.3 Å². The normalized spacial score (nSPS) is 25.2. The first-order valence-corrected chi connectivity index (χ1v) is 7.71. The molecule has 1 aliphatic carbocycles. The van der Waals surface area contributed by atoms with Crippen LogP contribution in [0.25, 0.3) is 0 Å². The predicted octanol–water partition coefficient (Wildman–Crippen LogP) is 4.34. The average Bonchev–Trinajstić information content (AvgIpc) is 2.75. The number of nitrogens with one attached hydrogen (secondary N) is 1. The first kappa shape index (κ1) is 12.6. The lowest BCUT2D eigenvalue weighted by Crippen LogP contribution is -2.20. The van der Waals surface area contributed by atoms with E-state index in [0.717, 1.165) is 18.4 Å². The third kappa shape index (κ3) is 3.31. The molecular weight excluding hydrogens is 282 g/mol. The van der Waals surface area contributed by atoms with Crippen LogP contribution in [-0.2, 0) is 6.54 Å². The minimum atomic E-state index is 0.916. The van der Waals surface area contributed by atoms with Gasteiger partial charge in [0.1, 0.15) is 0 Å². The molecule has 3 heteroatoms. The van der Waals surface area contributed by atoms with Crippen LogP contribution in [0.1, 0.15) is 35.9 Å². The molecule has 1 N–H and O–H groups in total. The Kier molecular flexibility index (Phi) is 4.45. The summed E-state index contributed by atoms with van der Waals surface area (Å²) in [6.45, 7) is 6.76. The summed E-state index contributed by atoms with van der Waals surface area (Å²) < 4.78 is 1.25. The van der Waals surface area contributed by atoms with Crippen LogP contribution in [0.15, 0.2) is 10.5 Å². The molecule has 90 valence electrons. The third-order valence-corrected chi connectivity index (χ3v) is 5.58. The molecule has 1 saturated carbocycles. The van der Waals surface area contributed by atoms with Crippen LogP contribution in [0.5, 0.6) is 0 Å². The van der Waals surface area contributed by atoms with Crippen molar-refractivity contribution in [2.45, 2.75) is 39.7 Å². The largest absolute Gasteiger partial charge is 0.312 e. The Morgan fingerprint density at radius 3 is 2.88 bits per heavy atom. The van der Waals surface area contributed by atoms with Gasteiger partial charge in [-0.3, -0.25) is 0 Å². The molecule has 0 amide bonds. The molecular formula is C13H20BrNS. The zero-order valence-corrected chi connectivity index (χ0v) is 12.5. The van der Waals surface area contributed by atoms with Crippen LogP contribution >= 0.6 is 27.3 Å². The van der Waals surface area contributed by atoms with Crippen LogP contribution in [0, 0.1) is 18.8 Å². The second-order valence-corrected chi connectivity index (χ2v) is 7.23. The summed E-state index contributed by atoms with van der Waals surface area (Å²) in [4.78, 5) is 2.82. The fraction of sp³-hybridized carbons (Fsp3) is 0.692. The number of thiophene rings is 1. The van der Waals surface area contributed by atoms with Crippen LogP contribution in [0.3, 0.4) is 0 Å². The van der Waals surface area contributed by atoms with Crippen molar-refractivity contribution in [3.63, 3.8) is 0 Å². The summed E-state index contributed by atoms with van der Waals surface area (Å²) in [5.41, 5.74) is 0. The molecule has 1 nitrogen and oxygen atoms in total. The van der Waals surface area contributed by atoms with Gasteiger partial charge < -0.3 is 5.32 Å². The van der Waals surface area contributed by atoms with Crippen LogP contribution < -0.4 is 5.32 Å². The predicted molar refractivity (Wildman–Crippen MR) is 75.0 cm³/mol. The summed E-state index contributed by atoms with van der Waals surface area (Å²) in [7, 11) is 0. The zero-order valence-electron chi connectivity index (χ0n) is 10.1. The van der Waals surface area contributed by atoms with E-state index in [1.807, 2.05) is 11.3 Å². The Labute approximate surface area is 111 Å². The van der Waals surface area contributed by atoms with Crippen molar-refractivity contribution in [1.82, 2.24) is 5.32 Å². The highest BCUT2D eigenvalue weighted by Gasteiger charge is 2.20. The number of rotatable bonds is 4.